The van der Waals surface area contributed by atoms with Crippen molar-refractivity contribution in [3.8, 4) is 17.1 Å². The SMILES string of the molecule is COc1ccc(-c2n[nH]c(=S)n2/N=C\c2ccncc2)cc1. The van der Waals surface area contributed by atoms with E-state index in [0.717, 1.165) is 16.9 Å². The predicted octanol–water partition coefficient (Wildman–Crippen LogP) is 2.89. The molecule has 0 spiro atoms. The number of hydrogen-bond donors (Lipinski definition) is 1. The highest BCUT2D eigenvalue weighted by Crippen LogP contribution is 2.20. The van der Waals surface area contributed by atoms with Gasteiger partial charge in [-0.3, -0.25) is 4.98 Å². The number of pyridine rings is 1. The van der Waals surface area contributed by atoms with Gasteiger partial charge in [-0.05, 0) is 54.2 Å². The average Bonchev–Trinajstić information content (AvgIpc) is 2.95. The van der Waals surface area contributed by atoms with Gasteiger partial charge in [0.05, 0.1) is 13.3 Å². The monoisotopic (exact) mass is 311 g/mol. The second-order valence-electron chi connectivity index (χ2n) is 4.42. The molecule has 0 radical (unpaired) electrons. The van der Waals surface area contributed by atoms with Crippen LogP contribution in [0.15, 0.2) is 53.9 Å². The Morgan fingerprint density at radius 2 is 1.91 bits per heavy atom. The first kappa shape index (κ1) is 14.2. The molecule has 7 heteroatoms. The van der Waals surface area contributed by atoms with Crippen LogP contribution in [0, 0.1) is 4.77 Å². The van der Waals surface area contributed by atoms with E-state index in [0.29, 0.717) is 10.6 Å². The van der Waals surface area contributed by atoms with E-state index in [4.69, 9.17) is 17.0 Å². The Hall–Kier alpha value is -2.80. The number of benzene rings is 1. The maximum absolute atomic E-state index is 5.23. The molecule has 0 bridgehead atoms. The molecule has 3 aromatic rings. The molecule has 22 heavy (non-hydrogen) atoms. The Balaban J connectivity index is 1.97. The third-order valence-corrected chi connectivity index (χ3v) is 3.29. The van der Waals surface area contributed by atoms with Crippen LogP contribution in [0.4, 0.5) is 0 Å². The highest BCUT2D eigenvalue weighted by molar-refractivity contribution is 7.71. The van der Waals surface area contributed by atoms with Crippen molar-refractivity contribution in [3.63, 3.8) is 0 Å². The lowest BCUT2D eigenvalue weighted by Gasteiger charge is -2.03. The van der Waals surface area contributed by atoms with Crippen LogP contribution in [0.5, 0.6) is 5.75 Å². The summed E-state index contributed by atoms with van der Waals surface area (Å²) in [6, 6.07) is 11.3. The van der Waals surface area contributed by atoms with E-state index >= 15 is 0 Å². The average molecular weight is 311 g/mol. The summed E-state index contributed by atoms with van der Waals surface area (Å²) in [6.45, 7) is 0. The first-order chi connectivity index (χ1) is 10.8. The second-order valence-corrected chi connectivity index (χ2v) is 4.80. The summed E-state index contributed by atoms with van der Waals surface area (Å²) in [6.07, 6.45) is 5.13. The Bertz CT molecular complexity index is 836. The van der Waals surface area contributed by atoms with Gasteiger partial charge in [-0.25, -0.2) is 5.10 Å². The predicted molar refractivity (Wildman–Crippen MR) is 86.6 cm³/mol. The number of aromatic nitrogens is 4. The molecule has 2 aromatic heterocycles. The van der Waals surface area contributed by atoms with Crippen LogP contribution in [0.1, 0.15) is 5.56 Å². The molecule has 0 fully saturated rings. The number of aromatic amines is 1. The van der Waals surface area contributed by atoms with Crippen molar-refractivity contribution in [1.82, 2.24) is 19.9 Å². The van der Waals surface area contributed by atoms with Crippen molar-refractivity contribution in [2.24, 2.45) is 5.10 Å². The van der Waals surface area contributed by atoms with E-state index in [1.54, 1.807) is 30.4 Å². The first-order valence-electron chi connectivity index (χ1n) is 6.54. The molecule has 6 nitrogen and oxygen atoms in total. The third kappa shape index (κ3) is 2.94. The molecule has 0 aliphatic carbocycles. The van der Waals surface area contributed by atoms with Gasteiger partial charge >= 0.3 is 0 Å². The van der Waals surface area contributed by atoms with Crippen LogP contribution in [0.3, 0.4) is 0 Å². The van der Waals surface area contributed by atoms with Crippen molar-refractivity contribution in [1.29, 1.82) is 0 Å². The molecule has 3 rings (SSSR count). The number of hydrogen-bond acceptors (Lipinski definition) is 5. The van der Waals surface area contributed by atoms with E-state index in [2.05, 4.69) is 20.3 Å². The van der Waals surface area contributed by atoms with Crippen molar-refractivity contribution in [3.05, 3.63) is 59.1 Å². The maximum Gasteiger partial charge on any atom is 0.216 e. The van der Waals surface area contributed by atoms with Gasteiger partial charge in [0.2, 0.25) is 4.77 Å². The van der Waals surface area contributed by atoms with Crippen LogP contribution in [-0.4, -0.2) is 33.2 Å². The second kappa shape index (κ2) is 6.31. The molecule has 0 aliphatic rings. The van der Waals surface area contributed by atoms with Crippen LogP contribution in [-0.2, 0) is 0 Å². The van der Waals surface area contributed by atoms with Gasteiger partial charge in [0, 0.05) is 18.0 Å². The van der Waals surface area contributed by atoms with Crippen LogP contribution in [0.25, 0.3) is 11.4 Å². The fourth-order valence-corrected chi connectivity index (χ4v) is 2.08. The van der Waals surface area contributed by atoms with Crippen LogP contribution in [0.2, 0.25) is 0 Å². The summed E-state index contributed by atoms with van der Waals surface area (Å²) in [7, 11) is 1.63. The lowest BCUT2D eigenvalue weighted by Crippen LogP contribution is -1.95. The summed E-state index contributed by atoms with van der Waals surface area (Å²) >= 11 is 5.23. The normalized spacial score (nSPS) is 11.0. The van der Waals surface area contributed by atoms with Crippen molar-refractivity contribution in [2.45, 2.75) is 0 Å². The molecule has 1 aromatic carbocycles. The minimum atomic E-state index is 0.427. The zero-order valence-electron chi connectivity index (χ0n) is 11.8. The van der Waals surface area contributed by atoms with E-state index in [-0.39, 0.29) is 0 Å². The molecular weight excluding hydrogens is 298 g/mol. The fourth-order valence-electron chi connectivity index (χ4n) is 1.90. The lowest BCUT2D eigenvalue weighted by atomic mass is 10.2. The smallest absolute Gasteiger partial charge is 0.216 e. The van der Waals surface area contributed by atoms with E-state index < -0.39 is 0 Å². The number of ether oxygens (including phenoxy) is 1. The molecule has 0 saturated heterocycles. The summed E-state index contributed by atoms with van der Waals surface area (Å²) in [5, 5.41) is 11.4. The van der Waals surface area contributed by atoms with Gasteiger partial charge in [-0.15, -0.1) is 0 Å². The Labute approximate surface area is 132 Å². The molecule has 0 aliphatic heterocycles. The van der Waals surface area contributed by atoms with E-state index in [9.17, 15) is 0 Å². The van der Waals surface area contributed by atoms with Gasteiger partial charge in [0.1, 0.15) is 5.75 Å². The molecule has 110 valence electrons. The molecular formula is C15H13N5OS. The first-order valence-corrected chi connectivity index (χ1v) is 6.95. The topological polar surface area (TPSA) is 68.1 Å². The zero-order chi connectivity index (χ0) is 15.4. The van der Waals surface area contributed by atoms with E-state index in [1.165, 1.54) is 0 Å². The molecule has 2 heterocycles. The molecule has 0 saturated carbocycles. The van der Waals surface area contributed by atoms with Gasteiger partial charge in [-0.1, -0.05) is 0 Å². The summed E-state index contributed by atoms with van der Waals surface area (Å²) in [5.74, 6) is 1.42. The van der Waals surface area contributed by atoms with Gasteiger partial charge in [-0.2, -0.15) is 14.9 Å². The van der Waals surface area contributed by atoms with E-state index in [1.807, 2.05) is 36.4 Å². The largest absolute Gasteiger partial charge is 0.497 e. The third-order valence-electron chi connectivity index (χ3n) is 3.03. The minimum Gasteiger partial charge on any atom is -0.497 e. The number of nitrogens with zero attached hydrogens (tertiary/aromatic N) is 4. The molecule has 0 unspecified atom stereocenters. The maximum atomic E-state index is 5.23. The highest BCUT2D eigenvalue weighted by atomic mass is 32.1. The number of methoxy groups -OCH3 is 1. The van der Waals surface area contributed by atoms with Gasteiger partial charge in [0.15, 0.2) is 5.82 Å². The Morgan fingerprint density at radius 1 is 1.18 bits per heavy atom. The standard InChI is InChI=1S/C15H13N5OS/c1-21-13-4-2-12(3-5-13)14-18-19-15(22)20(14)17-10-11-6-8-16-9-7-11/h2-10H,1H3,(H,19,22)/b17-10-. The summed E-state index contributed by atoms with van der Waals surface area (Å²) in [4.78, 5) is 3.97. The molecule has 1 N–H and O–H groups in total. The van der Waals surface area contributed by atoms with Crippen LogP contribution < -0.4 is 4.74 Å². The minimum absolute atomic E-state index is 0.427. The van der Waals surface area contributed by atoms with Crippen molar-refractivity contribution in [2.75, 3.05) is 7.11 Å². The van der Waals surface area contributed by atoms with Crippen molar-refractivity contribution < 1.29 is 4.74 Å². The highest BCUT2D eigenvalue weighted by Gasteiger charge is 2.08. The quantitative estimate of drug-likeness (QED) is 0.594. The fraction of sp³-hybridized carbons (Fsp3) is 0.0667. The lowest BCUT2D eigenvalue weighted by molar-refractivity contribution is 0.415. The van der Waals surface area contributed by atoms with Crippen molar-refractivity contribution >= 4 is 18.4 Å². The Kier molecular flexibility index (Phi) is 4.06. The molecule has 0 atom stereocenters. The summed E-state index contributed by atoms with van der Waals surface area (Å²) < 4.78 is 7.16. The number of H-pyrrole nitrogens is 1. The van der Waals surface area contributed by atoms with Gasteiger partial charge < -0.3 is 4.74 Å². The molecule has 0 amide bonds. The zero-order valence-corrected chi connectivity index (χ0v) is 12.6. The Morgan fingerprint density at radius 3 is 2.59 bits per heavy atom. The van der Waals surface area contributed by atoms with Gasteiger partial charge in [0.25, 0.3) is 0 Å². The number of nitrogens with one attached hydrogen (secondary N) is 1. The van der Waals surface area contributed by atoms with Crippen LogP contribution >= 0.6 is 12.2 Å². The summed E-state index contributed by atoms with van der Waals surface area (Å²) in [5.41, 5.74) is 1.82. The number of rotatable bonds is 4.